The van der Waals surface area contributed by atoms with E-state index >= 15 is 0 Å². The molecule has 0 aromatic carbocycles. The Bertz CT molecular complexity index is 838. The van der Waals surface area contributed by atoms with E-state index in [2.05, 4.69) is 25.7 Å². The van der Waals surface area contributed by atoms with Gasteiger partial charge in [-0.15, -0.1) is 6.58 Å². The zero-order chi connectivity index (χ0) is 35.4. The van der Waals surface area contributed by atoms with Gasteiger partial charge in [-0.2, -0.15) is 0 Å². The van der Waals surface area contributed by atoms with Gasteiger partial charge in [0.15, 0.2) is 6.10 Å². The van der Waals surface area contributed by atoms with Crippen molar-refractivity contribution in [2.45, 2.75) is 180 Å². The van der Waals surface area contributed by atoms with Gasteiger partial charge in [0.2, 0.25) is 0 Å². The summed E-state index contributed by atoms with van der Waals surface area (Å²) in [6.45, 7) is 5.21. The fourth-order valence-electron chi connectivity index (χ4n) is 5.31. The zero-order valence-corrected chi connectivity index (χ0v) is 31.5. The van der Waals surface area contributed by atoms with Crippen LogP contribution in [0.25, 0.3) is 0 Å². The highest BCUT2D eigenvalue weighted by Gasteiger charge is 2.25. The van der Waals surface area contributed by atoms with Crippen LogP contribution in [0.4, 0.5) is 0 Å². The molecule has 48 heavy (non-hydrogen) atoms. The Morgan fingerprint density at radius 1 is 0.667 bits per heavy atom. The number of allylic oxidation sites excluding steroid dienone is 3. The van der Waals surface area contributed by atoms with Crippen LogP contribution >= 0.6 is 7.82 Å². The number of carbonyl (C=O) groups is 2. The standard InChI is InChI=1S/C38H72NO8P/c1-3-5-7-9-11-13-15-17-18-19-21-23-25-27-29-31-38(41)47-36(35-46-48(42,43)45-33-32-39)34-44-37(40)30-28-26-24-22-20-16-14-12-10-8-6-4-2/h3,12,14,36H,1,4-11,13,15-35,39H2,2H3,(H,42,43)/b14-12+/t36-/m1/s1. The summed E-state index contributed by atoms with van der Waals surface area (Å²) in [4.78, 5) is 34.7. The average molecular weight is 702 g/mol. The summed E-state index contributed by atoms with van der Waals surface area (Å²) >= 11 is 0. The molecule has 0 saturated carbocycles. The van der Waals surface area contributed by atoms with E-state index in [4.69, 9.17) is 24.3 Å². The lowest BCUT2D eigenvalue weighted by atomic mass is 10.0. The minimum atomic E-state index is -4.37. The van der Waals surface area contributed by atoms with E-state index in [1.165, 1.54) is 83.5 Å². The first-order valence-corrected chi connectivity index (χ1v) is 20.8. The number of carbonyl (C=O) groups excluding carboxylic acids is 2. The molecule has 0 rings (SSSR count). The Morgan fingerprint density at radius 2 is 1.12 bits per heavy atom. The molecule has 2 atom stereocenters. The van der Waals surface area contributed by atoms with Gasteiger partial charge in [-0.3, -0.25) is 18.6 Å². The molecule has 0 heterocycles. The SMILES string of the molecule is C=CCCCCCCCCCCCCCCCC(=O)O[C@H](COC(=O)CCCCCCC/C=C/CCCCC)COP(=O)(O)OCCN. The smallest absolute Gasteiger partial charge is 0.462 e. The normalized spacial score (nSPS) is 13.4. The predicted molar refractivity (Wildman–Crippen MR) is 197 cm³/mol. The summed E-state index contributed by atoms with van der Waals surface area (Å²) in [5.74, 6) is -0.840. The molecule has 0 saturated heterocycles. The molecule has 9 nitrogen and oxygen atoms in total. The molecular weight excluding hydrogens is 629 g/mol. The van der Waals surface area contributed by atoms with Gasteiger partial charge in [0.25, 0.3) is 0 Å². The Kier molecular flexibility index (Phi) is 34.2. The number of esters is 2. The van der Waals surface area contributed by atoms with Crippen molar-refractivity contribution in [3.05, 3.63) is 24.8 Å². The summed E-state index contributed by atoms with van der Waals surface area (Å²) in [6.07, 6.45) is 33.8. The van der Waals surface area contributed by atoms with Crippen molar-refractivity contribution in [2.24, 2.45) is 5.73 Å². The summed E-state index contributed by atoms with van der Waals surface area (Å²) in [5, 5.41) is 0. The summed E-state index contributed by atoms with van der Waals surface area (Å²) in [7, 11) is -4.37. The molecular formula is C38H72NO8P. The molecule has 0 aromatic rings. The van der Waals surface area contributed by atoms with E-state index in [1.54, 1.807) is 0 Å². The van der Waals surface area contributed by atoms with E-state index in [0.29, 0.717) is 6.42 Å². The molecule has 0 aliphatic carbocycles. The second-order valence-electron chi connectivity index (χ2n) is 12.9. The van der Waals surface area contributed by atoms with Gasteiger partial charge < -0.3 is 20.1 Å². The number of unbranched alkanes of at least 4 members (excludes halogenated alkanes) is 21. The maximum absolute atomic E-state index is 12.5. The number of nitrogens with two attached hydrogens (primary N) is 1. The van der Waals surface area contributed by atoms with Crippen molar-refractivity contribution in [3.8, 4) is 0 Å². The molecule has 0 spiro atoms. The van der Waals surface area contributed by atoms with Gasteiger partial charge in [-0.05, 0) is 51.4 Å². The maximum atomic E-state index is 12.5. The van der Waals surface area contributed by atoms with Crippen molar-refractivity contribution in [1.82, 2.24) is 0 Å². The van der Waals surface area contributed by atoms with Crippen LogP contribution in [0.2, 0.25) is 0 Å². The van der Waals surface area contributed by atoms with E-state index in [1.807, 2.05) is 6.08 Å². The largest absolute Gasteiger partial charge is 0.472 e. The molecule has 0 bridgehead atoms. The maximum Gasteiger partial charge on any atom is 0.472 e. The van der Waals surface area contributed by atoms with Crippen LogP contribution in [0.1, 0.15) is 174 Å². The summed E-state index contributed by atoms with van der Waals surface area (Å²) in [5.41, 5.74) is 5.33. The highest BCUT2D eigenvalue weighted by molar-refractivity contribution is 7.47. The zero-order valence-electron chi connectivity index (χ0n) is 30.6. The number of rotatable bonds is 37. The molecule has 0 radical (unpaired) electrons. The molecule has 0 aliphatic heterocycles. The number of phosphoric acid groups is 1. The van der Waals surface area contributed by atoms with Crippen LogP contribution in [-0.2, 0) is 32.7 Å². The molecule has 0 amide bonds. The highest BCUT2D eigenvalue weighted by atomic mass is 31.2. The van der Waals surface area contributed by atoms with Crippen LogP contribution in [0.3, 0.4) is 0 Å². The third-order valence-electron chi connectivity index (χ3n) is 8.21. The minimum Gasteiger partial charge on any atom is -0.462 e. The van der Waals surface area contributed by atoms with Crippen molar-refractivity contribution in [3.63, 3.8) is 0 Å². The summed E-state index contributed by atoms with van der Waals surface area (Å²) in [6, 6.07) is 0. The first-order valence-electron chi connectivity index (χ1n) is 19.3. The van der Waals surface area contributed by atoms with Gasteiger partial charge in [0.05, 0.1) is 13.2 Å². The van der Waals surface area contributed by atoms with Crippen molar-refractivity contribution in [1.29, 1.82) is 0 Å². The lowest BCUT2D eigenvalue weighted by Gasteiger charge is -2.19. The third kappa shape index (κ3) is 34.4. The number of hydrogen-bond donors (Lipinski definition) is 2. The van der Waals surface area contributed by atoms with Gasteiger partial charge >= 0.3 is 19.8 Å². The van der Waals surface area contributed by atoms with E-state index < -0.39 is 32.5 Å². The first-order chi connectivity index (χ1) is 23.3. The van der Waals surface area contributed by atoms with Crippen LogP contribution in [0.5, 0.6) is 0 Å². The van der Waals surface area contributed by atoms with E-state index in [9.17, 15) is 19.0 Å². The van der Waals surface area contributed by atoms with Gasteiger partial charge in [0, 0.05) is 19.4 Å². The van der Waals surface area contributed by atoms with Crippen molar-refractivity contribution < 1.29 is 37.6 Å². The second-order valence-corrected chi connectivity index (χ2v) is 14.3. The Balaban J connectivity index is 4.19. The molecule has 282 valence electrons. The molecule has 1 unspecified atom stereocenters. The second kappa shape index (κ2) is 35.3. The average Bonchev–Trinajstić information content (AvgIpc) is 3.07. The fourth-order valence-corrected chi connectivity index (χ4v) is 6.08. The Morgan fingerprint density at radius 3 is 1.62 bits per heavy atom. The van der Waals surface area contributed by atoms with Gasteiger partial charge in [-0.1, -0.05) is 128 Å². The molecule has 0 aliphatic rings. The first kappa shape index (κ1) is 46.5. The number of phosphoric ester groups is 1. The highest BCUT2D eigenvalue weighted by Crippen LogP contribution is 2.43. The summed E-state index contributed by atoms with van der Waals surface area (Å²) < 4.78 is 32.6. The fraction of sp³-hybridized carbons (Fsp3) is 0.842. The van der Waals surface area contributed by atoms with Crippen molar-refractivity contribution >= 4 is 19.8 Å². The molecule has 0 aromatic heterocycles. The lowest BCUT2D eigenvalue weighted by molar-refractivity contribution is -0.161. The number of hydrogen-bond acceptors (Lipinski definition) is 8. The minimum absolute atomic E-state index is 0.0526. The molecule has 10 heteroatoms. The lowest BCUT2D eigenvalue weighted by Crippen LogP contribution is -2.29. The molecule has 0 fully saturated rings. The van der Waals surface area contributed by atoms with Crippen LogP contribution in [0, 0.1) is 0 Å². The van der Waals surface area contributed by atoms with Gasteiger partial charge in [-0.25, -0.2) is 4.57 Å². The number of ether oxygens (including phenoxy) is 2. The van der Waals surface area contributed by atoms with Crippen molar-refractivity contribution in [2.75, 3.05) is 26.4 Å². The Labute approximate surface area is 293 Å². The quantitative estimate of drug-likeness (QED) is 0.0281. The monoisotopic (exact) mass is 701 g/mol. The van der Waals surface area contributed by atoms with Gasteiger partial charge in [0.1, 0.15) is 6.61 Å². The Hall–Kier alpha value is -1.51. The third-order valence-corrected chi connectivity index (χ3v) is 9.19. The van der Waals surface area contributed by atoms with E-state index in [-0.39, 0.29) is 32.6 Å². The molecule has 3 N–H and O–H groups in total. The van der Waals surface area contributed by atoms with Crippen LogP contribution in [0.15, 0.2) is 24.8 Å². The van der Waals surface area contributed by atoms with Crippen LogP contribution in [-0.4, -0.2) is 49.3 Å². The van der Waals surface area contributed by atoms with E-state index in [0.717, 1.165) is 64.2 Å². The topological polar surface area (TPSA) is 134 Å². The predicted octanol–water partition coefficient (Wildman–Crippen LogP) is 10.4. The van der Waals surface area contributed by atoms with Crippen LogP contribution < -0.4 is 5.73 Å².